The number of aliphatic hydroxyl groups excluding tert-OH is 1. The number of hydrogen-bond donors (Lipinski definition) is 2. The standard InChI is InChI=1S/C8H5N3O4S/c1-3(12)6-9-7(13)4-2-5(11(14)15)16-8(4)10-6/h2,12H,1H2,(H,9,10,13). The number of nitrogens with zero attached hydrogens (tertiary/aromatic N) is 2. The van der Waals surface area contributed by atoms with Crippen molar-refractivity contribution >= 4 is 32.3 Å². The normalized spacial score (nSPS) is 10.5. The van der Waals surface area contributed by atoms with E-state index in [4.69, 9.17) is 5.11 Å². The van der Waals surface area contributed by atoms with E-state index in [0.717, 1.165) is 17.4 Å². The lowest BCUT2D eigenvalue weighted by molar-refractivity contribution is -0.380. The first-order valence-corrected chi connectivity index (χ1v) is 4.87. The van der Waals surface area contributed by atoms with Gasteiger partial charge in [-0.15, -0.1) is 0 Å². The molecule has 2 aromatic rings. The lowest BCUT2D eigenvalue weighted by atomic mass is 10.4. The SMILES string of the molecule is C=C(O)c1nc2sc([N+](=O)[O-])cc2c(=O)[nH]1. The van der Waals surface area contributed by atoms with Gasteiger partial charge in [-0.05, 0) is 11.3 Å². The van der Waals surface area contributed by atoms with Crippen LogP contribution in [-0.2, 0) is 0 Å². The Balaban J connectivity index is 2.78. The van der Waals surface area contributed by atoms with Crippen molar-refractivity contribution in [3.05, 3.63) is 38.9 Å². The Morgan fingerprint density at radius 1 is 1.69 bits per heavy atom. The molecule has 7 nitrogen and oxygen atoms in total. The molecule has 0 fully saturated rings. The number of aromatic amines is 1. The Hall–Kier alpha value is -2.22. The van der Waals surface area contributed by atoms with Crippen molar-refractivity contribution in [3.63, 3.8) is 0 Å². The van der Waals surface area contributed by atoms with Gasteiger partial charge in [0.25, 0.3) is 5.56 Å². The smallest absolute Gasteiger partial charge is 0.326 e. The lowest BCUT2D eigenvalue weighted by Crippen LogP contribution is -2.09. The molecule has 0 atom stereocenters. The van der Waals surface area contributed by atoms with Gasteiger partial charge in [0.15, 0.2) is 11.6 Å². The van der Waals surface area contributed by atoms with Gasteiger partial charge in [-0.2, -0.15) is 0 Å². The van der Waals surface area contributed by atoms with E-state index >= 15 is 0 Å². The molecule has 2 N–H and O–H groups in total. The van der Waals surface area contributed by atoms with Crippen molar-refractivity contribution in [2.24, 2.45) is 0 Å². The molecule has 0 aromatic carbocycles. The molecule has 82 valence electrons. The van der Waals surface area contributed by atoms with E-state index in [1.807, 2.05) is 0 Å². The highest BCUT2D eigenvalue weighted by Crippen LogP contribution is 2.27. The molecule has 0 spiro atoms. The number of fused-ring (bicyclic) bond motifs is 1. The largest absolute Gasteiger partial charge is 0.505 e. The maximum absolute atomic E-state index is 11.5. The minimum atomic E-state index is -0.598. The number of aromatic nitrogens is 2. The van der Waals surface area contributed by atoms with Gasteiger partial charge in [0.05, 0.1) is 10.3 Å². The minimum absolute atomic E-state index is 0.0887. The number of rotatable bonds is 2. The Morgan fingerprint density at radius 2 is 2.38 bits per heavy atom. The summed E-state index contributed by atoms with van der Waals surface area (Å²) in [5, 5.41) is 19.5. The molecule has 0 aliphatic rings. The number of hydrogen-bond acceptors (Lipinski definition) is 6. The lowest BCUT2D eigenvalue weighted by Gasteiger charge is -1.95. The molecule has 0 saturated heterocycles. The van der Waals surface area contributed by atoms with E-state index in [1.165, 1.54) is 0 Å². The molecule has 0 saturated carbocycles. The number of nitrogens with one attached hydrogen (secondary N) is 1. The molecular weight excluding hydrogens is 234 g/mol. The second kappa shape index (κ2) is 3.42. The Bertz CT molecular complexity index is 657. The first-order chi connectivity index (χ1) is 7.49. The van der Waals surface area contributed by atoms with Crippen LogP contribution >= 0.6 is 11.3 Å². The second-order valence-electron chi connectivity index (χ2n) is 2.92. The van der Waals surface area contributed by atoms with Crippen LogP contribution in [0.15, 0.2) is 17.4 Å². The van der Waals surface area contributed by atoms with Gasteiger partial charge < -0.3 is 10.1 Å². The summed E-state index contributed by atoms with van der Waals surface area (Å²) in [5.41, 5.74) is -0.542. The second-order valence-corrected chi connectivity index (χ2v) is 3.93. The zero-order valence-electron chi connectivity index (χ0n) is 7.76. The summed E-state index contributed by atoms with van der Waals surface area (Å²) in [7, 11) is 0. The molecule has 0 unspecified atom stereocenters. The van der Waals surface area contributed by atoms with Gasteiger partial charge in [-0.1, -0.05) is 6.58 Å². The molecule has 16 heavy (non-hydrogen) atoms. The van der Waals surface area contributed by atoms with E-state index in [9.17, 15) is 14.9 Å². The van der Waals surface area contributed by atoms with Gasteiger partial charge in [-0.3, -0.25) is 14.9 Å². The van der Waals surface area contributed by atoms with Crippen LogP contribution in [0, 0.1) is 10.1 Å². The van der Waals surface area contributed by atoms with Crippen molar-refractivity contribution in [2.45, 2.75) is 0 Å². The molecule has 2 rings (SSSR count). The number of nitro groups is 1. The molecule has 0 amide bonds. The molecule has 0 aliphatic heterocycles. The van der Waals surface area contributed by atoms with Gasteiger partial charge in [0, 0.05) is 6.07 Å². The Morgan fingerprint density at radius 3 is 2.94 bits per heavy atom. The third-order valence-electron chi connectivity index (χ3n) is 1.84. The average molecular weight is 239 g/mol. The summed E-state index contributed by atoms with van der Waals surface area (Å²) >= 11 is 0.769. The summed E-state index contributed by atoms with van der Waals surface area (Å²) in [6.07, 6.45) is 0. The van der Waals surface area contributed by atoms with Crippen molar-refractivity contribution in [1.82, 2.24) is 9.97 Å². The fourth-order valence-corrected chi connectivity index (χ4v) is 1.99. The van der Waals surface area contributed by atoms with E-state index < -0.39 is 16.2 Å². The summed E-state index contributed by atoms with van der Waals surface area (Å²) in [5.74, 6) is -0.482. The quantitative estimate of drug-likeness (QED) is 0.468. The van der Waals surface area contributed by atoms with Crippen LogP contribution in [0.1, 0.15) is 5.82 Å². The summed E-state index contributed by atoms with van der Waals surface area (Å²) in [6, 6.07) is 1.15. The molecule has 2 aromatic heterocycles. The van der Waals surface area contributed by atoms with Crippen LogP contribution in [0.5, 0.6) is 0 Å². The fraction of sp³-hybridized carbons (Fsp3) is 0. The van der Waals surface area contributed by atoms with Crippen LogP contribution < -0.4 is 5.56 Å². The Labute approximate surface area is 91.8 Å². The third-order valence-corrected chi connectivity index (χ3v) is 2.82. The highest BCUT2D eigenvalue weighted by molar-refractivity contribution is 7.21. The maximum atomic E-state index is 11.5. The van der Waals surface area contributed by atoms with E-state index in [-0.39, 0.29) is 21.0 Å². The van der Waals surface area contributed by atoms with Crippen molar-refractivity contribution in [1.29, 1.82) is 0 Å². The summed E-state index contributed by atoms with van der Waals surface area (Å²) < 4.78 is 0. The van der Waals surface area contributed by atoms with Gasteiger partial charge in [-0.25, -0.2) is 4.98 Å². The van der Waals surface area contributed by atoms with Crippen molar-refractivity contribution < 1.29 is 10.0 Å². The average Bonchev–Trinajstić information content (AvgIpc) is 2.61. The number of thiophene rings is 1. The predicted molar refractivity (Wildman–Crippen MR) is 58.6 cm³/mol. The van der Waals surface area contributed by atoms with E-state index in [1.54, 1.807) is 0 Å². The number of H-pyrrole nitrogens is 1. The van der Waals surface area contributed by atoms with Crippen molar-refractivity contribution in [2.75, 3.05) is 0 Å². The van der Waals surface area contributed by atoms with Crippen LogP contribution in [0.4, 0.5) is 5.00 Å². The molecule has 2 heterocycles. The fourth-order valence-electron chi connectivity index (χ4n) is 1.15. The Kier molecular flexibility index (Phi) is 2.20. The minimum Gasteiger partial charge on any atom is -0.505 e. The topological polar surface area (TPSA) is 109 Å². The zero-order valence-corrected chi connectivity index (χ0v) is 8.58. The van der Waals surface area contributed by atoms with Crippen LogP contribution in [-0.4, -0.2) is 20.0 Å². The van der Waals surface area contributed by atoms with Gasteiger partial charge in [0.2, 0.25) is 0 Å². The molecule has 0 aliphatic carbocycles. The first kappa shape index (κ1) is 10.3. The van der Waals surface area contributed by atoms with Crippen LogP contribution in [0.25, 0.3) is 16.0 Å². The van der Waals surface area contributed by atoms with Gasteiger partial charge in [0.1, 0.15) is 4.83 Å². The van der Waals surface area contributed by atoms with Crippen LogP contribution in [0.3, 0.4) is 0 Å². The number of aliphatic hydroxyl groups is 1. The molecule has 0 radical (unpaired) electrons. The first-order valence-electron chi connectivity index (χ1n) is 4.05. The molecule has 8 heteroatoms. The predicted octanol–water partition coefficient (Wildman–Crippen LogP) is 1.42. The highest BCUT2D eigenvalue weighted by Gasteiger charge is 2.16. The molecule has 0 bridgehead atoms. The molecular formula is C8H5N3O4S. The summed E-state index contributed by atoms with van der Waals surface area (Å²) in [6.45, 7) is 3.21. The van der Waals surface area contributed by atoms with Crippen LogP contribution in [0.2, 0.25) is 0 Å². The third kappa shape index (κ3) is 1.54. The highest BCUT2D eigenvalue weighted by atomic mass is 32.1. The van der Waals surface area contributed by atoms with Crippen molar-refractivity contribution in [3.8, 4) is 0 Å². The zero-order chi connectivity index (χ0) is 11.9. The summed E-state index contributed by atoms with van der Waals surface area (Å²) in [4.78, 5) is 27.7. The monoisotopic (exact) mass is 239 g/mol. The van der Waals surface area contributed by atoms with E-state index in [2.05, 4.69) is 16.5 Å². The maximum Gasteiger partial charge on any atom is 0.326 e. The van der Waals surface area contributed by atoms with Gasteiger partial charge >= 0.3 is 5.00 Å². The van der Waals surface area contributed by atoms with E-state index in [0.29, 0.717) is 0 Å².